The standard InChI is InChI=1S/C18H18N6O/c25-18(24-11-7-14-4-1-2-6-16(14)24)15-5-3-8-19-17(15)20-9-12-23-13-10-21-22-23/h1-6,8,10,13H,7,9,11-12H2,(H,19,20). The molecule has 25 heavy (non-hydrogen) atoms. The van der Waals surface area contributed by atoms with Crippen LogP contribution in [0.2, 0.25) is 0 Å². The van der Waals surface area contributed by atoms with Gasteiger partial charge in [0.2, 0.25) is 0 Å². The number of hydrogen-bond donors (Lipinski definition) is 1. The quantitative estimate of drug-likeness (QED) is 0.772. The van der Waals surface area contributed by atoms with Crippen LogP contribution in [0.3, 0.4) is 0 Å². The fourth-order valence-corrected chi connectivity index (χ4v) is 3.05. The molecule has 0 atom stereocenters. The van der Waals surface area contributed by atoms with Gasteiger partial charge in [0.25, 0.3) is 5.91 Å². The van der Waals surface area contributed by atoms with E-state index in [9.17, 15) is 4.79 Å². The van der Waals surface area contributed by atoms with Crippen LogP contribution < -0.4 is 10.2 Å². The minimum atomic E-state index is -0.0266. The number of para-hydroxylation sites is 1. The first-order valence-corrected chi connectivity index (χ1v) is 8.26. The summed E-state index contributed by atoms with van der Waals surface area (Å²) in [6.45, 7) is 1.96. The zero-order valence-electron chi connectivity index (χ0n) is 13.7. The molecule has 1 aliphatic rings. The molecule has 7 heteroatoms. The highest BCUT2D eigenvalue weighted by molar-refractivity contribution is 6.10. The molecule has 1 aromatic carbocycles. The van der Waals surface area contributed by atoms with Gasteiger partial charge in [-0.1, -0.05) is 23.4 Å². The normalized spacial score (nSPS) is 12.9. The topological polar surface area (TPSA) is 75.9 Å². The largest absolute Gasteiger partial charge is 0.368 e. The smallest absolute Gasteiger partial charge is 0.262 e. The maximum absolute atomic E-state index is 13.0. The third kappa shape index (κ3) is 3.08. The summed E-state index contributed by atoms with van der Waals surface area (Å²) >= 11 is 0. The fraction of sp³-hybridized carbons (Fsp3) is 0.222. The van der Waals surface area contributed by atoms with Gasteiger partial charge in [0.15, 0.2) is 0 Å². The monoisotopic (exact) mass is 334 g/mol. The first-order chi connectivity index (χ1) is 12.3. The van der Waals surface area contributed by atoms with Crippen molar-refractivity contribution in [2.45, 2.75) is 13.0 Å². The number of fused-ring (bicyclic) bond motifs is 1. The maximum atomic E-state index is 13.0. The lowest BCUT2D eigenvalue weighted by Crippen LogP contribution is -2.30. The highest BCUT2D eigenvalue weighted by atomic mass is 16.2. The van der Waals surface area contributed by atoms with Crippen LogP contribution in [0.4, 0.5) is 11.5 Å². The van der Waals surface area contributed by atoms with Crippen LogP contribution in [-0.2, 0) is 13.0 Å². The molecule has 2 aromatic heterocycles. The van der Waals surface area contributed by atoms with Crippen LogP contribution in [0.15, 0.2) is 55.0 Å². The van der Waals surface area contributed by atoms with Gasteiger partial charge in [0, 0.05) is 31.2 Å². The number of carbonyl (C=O) groups is 1. The number of benzene rings is 1. The molecule has 0 saturated heterocycles. The second-order valence-corrected chi connectivity index (χ2v) is 5.83. The third-order valence-electron chi connectivity index (χ3n) is 4.28. The molecule has 3 heterocycles. The van der Waals surface area contributed by atoms with E-state index in [1.165, 1.54) is 5.56 Å². The van der Waals surface area contributed by atoms with Crippen LogP contribution in [0.5, 0.6) is 0 Å². The van der Waals surface area contributed by atoms with E-state index in [-0.39, 0.29) is 5.91 Å². The molecular weight excluding hydrogens is 316 g/mol. The molecule has 0 unspecified atom stereocenters. The lowest BCUT2D eigenvalue weighted by Gasteiger charge is -2.19. The number of rotatable bonds is 5. The van der Waals surface area contributed by atoms with Crippen molar-refractivity contribution < 1.29 is 4.79 Å². The molecule has 1 N–H and O–H groups in total. The van der Waals surface area contributed by atoms with Gasteiger partial charge in [-0.15, -0.1) is 5.10 Å². The molecule has 0 spiro atoms. The van der Waals surface area contributed by atoms with Crippen molar-refractivity contribution in [3.8, 4) is 0 Å². The van der Waals surface area contributed by atoms with Crippen molar-refractivity contribution in [2.75, 3.05) is 23.3 Å². The first-order valence-electron chi connectivity index (χ1n) is 8.26. The number of aromatic nitrogens is 4. The third-order valence-corrected chi connectivity index (χ3v) is 4.28. The van der Waals surface area contributed by atoms with Gasteiger partial charge in [-0.25, -0.2) is 4.98 Å². The van der Waals surface area contributed by atoms with Crippen LogP contribution in [-0.4, -0.2) is 39.0 Å². The van der Waals surface area contributed by atoms with Crippen molar-refractivity contribution in [1.82, 2.24) is 20.0 Å². The molecule has 1 amide bonds. The average molecular weight is 334 g/mol. The van der Waals surface area contributed by atoms with Gasteiger partial charge in [-0.05, 0) is 30.2 Å². The summed E-state index contributed by atoms with van der Waals surface area (Å²) < 4.78 is 1.73. The summed E-state index contributed by atoms with van der Waals surface area (Å²) in [7, 11) is 0. The Morgan fingerprint density at radius 3 is 2.96 bits per heavy atom. The molecule has 126 valence electrons. The van der Waals surface area contributed by atoms with E-state index < -0.39 is 0 Å². The van der Waals surface area contributed by atoms with E-state index in [1.54, 1.807) is 29.3 Å². The van der Waals surface area contributed by atoms with Crippen LogP contribution in [0.25, 0.3) is 0 Å². The highest BCUT2D eigenvalue weighted by Gasteiger charge is 2.26. The van der Waals surface area contributed by atoms with Crippen LogP contribution in [0, 0.1) is 0 Å². The molecule has 0 radical (unpaired) electrons. The lowest BCUT2D eigenvalue weighted by atomic mass is 10.1. The second-order valence-electron chi connectivity index (χ2n) is 5.83. The summed E-state index contributed by atoms with van der Waals surface area (Å²) in [5, 5.41) is 10.9. The SMILES string of the molecule is O=C(c1cccnc1NCCn1ccnn1)N1CCc2ccccc21. The van der Waals surface area contributed by atoms with E-state index in [0.29, 0.717) is 31.0 Å². The minimum Gasteiger partial charge on any atom is -0.368 e. The van der Waals surface area contributed by atoms with Gasteiger partial charge in [0.05, 0.1) is 18.3 Å². The predicted octanol–water partition coefficient (Wildman–Crippen LogP) is 1.99. The van der Waals surface area contributed by atoms with Gasteiger partial charge >= 0.3 is 0 Å². The Morgan fingerprint density at radius 1 is 1.16 bits per heavy atom. The van der Waals surface area contributed by atoms with Crippen molar-refractivity contribution in [2.24, 2.45) is 0 Å². The molecule has 0 saturated carbocycles. The van der Waals surface area contributed by atoms with Gasteiger partial charge in [-0.2, -0.15) is 0 Å². The number of hydrogen-bond acceptors (Lipinski definition) is 5. The van der Waals surface area contributed by atoms with E-state index in [2.05, 4.69) is 26.7 Å². The van der Waals surface area contributed by atoms with Crippen molar-refractivity contribution in [1.29, 1.82) is 0 Å². The summed E-state index contributed by atoms with van der Waals surface area (Å²) in [4.78, 5) is 19.2. The Hall–Kier alpha value is -3.22. The predicted molar refractivity (Wildman–Crippen MR) is 94.6 cm³/mol. The Labute approximate surface area is 145 Å². The van der Waals surface area contributed by atoms with Gasteiger partial charge in [-0.3, -0.25) is 9.48 Å². The Bertz CT molecular complexity index is 877. The average Bonchev–Trinajstić information content (AvgIpc) is 3.31. The maximum Gasteiger partial charge on any atom is 0.262 e. The van der Waals surface area contributed by atoms with Crippen molar-refractivity contribution in [3.63, 3.8) is 0 Å². The Morgan fingerprint density at radius 2 is 2.08 bits per heavy atom. The number of carbonyl (C=O) groups excluding carboxylic acids is 1. The van der Waals surface area contributed by atoms with E-state index in [4.69, 9.17) is 0 Å². The molecule has 0 bridgehead atoms. The number of pyridine rings is 1. The molecular formula is C18H18N6O. The first kappa shape index (κ1) is 15.3. The molecule has 1 aliphatic heterocycles. The summed E-state index contributed by atoms with van der Waals surface area (Å²) in [5.74, 6) is 0.568. The van der Waals surface area contributed by atoms with Crippen LogP contribution >= 0.6 is 0 Å². The Kier molecular flexibility index (Phi) is 4.12. The minimum absolute atomic E-state index is 0.0266. The molecule has 7 nitrogen and oxygen atoms in total. The number of nitrogens with zero attached hydrogens (tertiary/aromatic N) is 5. The molecule has 3 aromatic rings. The fourth-order valence-electron chi connectivity index (χ4n) is 3.05. The molecule has 0 aliphatic carbocycles. The van der Waals surface area contributed by atoms with Gasteiger partial charge in [0.1, 0.15) is 5.82 Å². The van der Waals surface area contributed by atoms with Crippen molar-refractivity contribution in [3.05, 3.63) is 66.1 Å². The van der Waals surface area contributed by atoms with E-state index >= 15 is 0 Å². The number of nitrogens with one attached hydrogen (secondary N) is 1. The van der Waals surface area contributed by atoms with E-state index in [0.717, 1.165) is 12.1 Å². The van der Waals surface area contributed by atoms with Gasteiger partial charge < -0.3 is 10.2 Å². The zero-order valence-corrected chi connectivity index (χ0v) is 13.7. The number of amides is 1. The summed E-state index contributed by atoms with van der Waals surface area (Å²) in [6.07, 6.45) is 6.01. The lowest BCUT2D eigenvalue weighted by molar-refractivity contribution is 0.0990. The summed E-state index contributed by atoms with van der Waals surface area (Å²) in [6, 6.07) is 11.6. The molecule has 4 rings (SSSR count). The molecule has 0 fully saturated rings. The summed E-state index contributed by atoms with van der Waals surface area (Å²) in [5.41, 5.74) is 2.78. The second kappa shape index (κ2) is 6.72. The highest BCUT2D eigenvalue weighted by Crippen LogP contribution is 2.29. The van der Waals surface area contributed by atoms with E-state index in [1.807, 2.05) is 29.2 Å². The van der Waals surface area contributed by atoms with Crippen molar-refractivity contribution >= 4 is 17.4 Å². The Balaban J connectivity index is 1.51. The zero-order chi connectivity index (χ0) is 17.1. The van der Waals surface area contributed by atoms with Crippen LogP contribution in [0.1, 0.15) is 15.9 Å². The number of anilines is 2.